The second-order valence-electron chi connectivity index (χ2n) is 8.96. The van der Waals surface area contributed by atoms with Crippen molar-refractivity contribution in [3.63, 3.8) is 0 Å². The molecule has 1 atom stereocenters. The van der Waals surface area contributed by atoms with Crippen molar-refractivity contribution < 1.29 is 28.7 Å². The van der Waals surface area contributed by atoms with E-state index in [4.69, 9.17) is 9.47 Å². The van der Waals surface area contributed by atoms with E-state index in [1.807, 2.05) is 0 Å². The Hall–Kier alpha value is -3.68. The van der Waals surface area contributed by atoms with Gasteiger partial charge in [0.15, 0.2) is 0 Å². The average Bonchev–Trinajstić information content (AvgIpc) is 3.01. The SMILES string of the molecule is COc1cccc(C(=O)N(C2CCCCCC2)C2CC(=O)N(c3ccc(OC(C)=O)cc3)C2=O)c1. The largest absolute Gasteiger partial charge is 0.497 e. The van der Waals surface area contributed by atoms with E-state index in [1.54, 1.807) is 41.3 Å². The van der Waals surface area contributed by atoms with E-state index >= 15 is 0 Å². The van der Waals surface area contributed by atoms with E-state index in [2.05, 4.69) is 0 Å². The Morgan fingerprint density at radius 3 is 2.26 bits per heavy atom. The van der Waals surface area contributed by atoms with Gasteiger partial charge in [-0.3, -0.25) is 19.2 Å². The fourth-order valence-corrected chi connectivity index (χ4v) is 4.94. The number of amides is 3. The van der Waals surface area contributed by atoms with Crippen LogP contribution in [0.4, 0.5) is 5.69 Å². The van der Waals surface area contributed by atoms with Crippen molar-refractivity contribution in [1.82, 2.24) is 4.90 Å². The van der Waals surface area contributed by atoms with Crippen molar-refractivity contribution in [3.05, 3.63) is 54.1 Å². The topological polar surface area (TPSA) is 93.2 Å². The summed E-state index contributed by atoms with van der Waals surface area (Å²) in [6.45, 7) is 1.30. The predicted octanol–water partition coefficient (Wildman–Crippen LogP) is 4.12. The number of hydrogen-bond donors (Lipinski definition) is 0. The molecule has 3 amide bonds. The Kier molecular flexibility index (Phi) is 7.48. The van der Waals surface area contributed by atoms with E-state index in [1.165, 1.54) is 26.2 Å². The van der Waals surface area contributed by atoms with Crippen LogP contribution in [0, 0.1) is 0 Å². The third kappa shape index (κ3) is 5.37. The van der Waals surface area contributed by atoms with Gasteiger partial charge >= 0.3 is 5.97 Å². The highest BCUT2D eigenvalue weighted by Gasteiger charge is 2.46. The minimum absolute atomic E-state index is 0.0727. The smallest absolute Gasteiger partial charge is 0.308 e. The molecule has 1 aliphatic carbocycles. The molecule has 0 spiro atoms. The van der Waals surface area contributed by atoms with E-state index < -0.39 is 17.9 Å². The zero-order valence-electron chi connectivity index (χ0n) is 20.1. The molecular formula is C27H30N2O6. The fourth-order valence-electron chi connectivity index (χ4n) is 4.94. The number of rotatable bonds is 6. The van der Waals surface area contributed by atoms with Crippen LogP contribution in [-0.4, -0.2) is 47.8 Å². The molecule has 0 radical (unpaired) electrons. The number of esters is 1. The third-order valence-electron chi connectivity index (χ3n) is 6.58. The number of carbonyl (C=O) groups excluding carboxylic acids is 4. The van der Waals surface area contributed by atoms with Crippen LogP contribution in [0.25, 0.3) is 0 Å². The Labute approximate surface area is 204 Å². The van der Waals surface area contributed by atoms with Crippen molar-refractivity contribution in [2.45, 2.75) is 64.0 Å². The van der Waals surface area contributed by atoms with Gasteiger partial charge < -0.3 is 14.4 Å². The molecule has 8 heteroatoms. The molecule has 2 aromatic carbocycles. The van der Waals surface area contributed by atoms with Gasteiger partial charge in [0.1, 0.15) is 17.5 Å². The number of hydrogen-bond acceptors (Lipinski definition) is 6. The molecular weight excluding hydrogens is 448 g/mol. The molecule has 2 aliphatic rings. The van der Waals surface area contributed by atoms with Crippen LogP contribution in [0.15, 0.2) is 48.5 Å². The molecule has 0 N–H and O–H groups in total. The lowest BCUT2D eigenvalue weighted by Crippen LogP contribution is -2.50. The Morgan fingerprint density at radius 2 is 1.63 bits per heavy atom. The van der Waals surface area contributed by atoms with E-state index in [9.17, 15) is 19.2 Å². The monoisotopic (exact) mass is 478 g/mol. The molecule has 1 saturated heterocycles. The summed E-state index contributed by atoms with van der Waals surface area (Å²) in [7, 11) is 1.54. The Morgan fingerprint density at radius 1 is 0.943 bits per heavy atom. The van der Waals surface area contributed by atoms with Crippen LogP contribution in [0.5, 0.6) is 11.5 Å². The van der Waals surface area contributed by atoms with Gasteiger partial charge in [0.05, 0.1) is 19.2 Å². The molecule has 1 unspecified atom stereocenters. The number of ether oxygens (including phenoxy) is 2. The van der Waals surface area contributed by atoms with Crippen LogP contribution in [0.2, 0.25) is 0 Å². The first-order chi connectivity index (χ1) is 16.9. The molecule has 1 heterocycles. The molecule has 0 bridgehead atoms. The van der Waals surface area contributed by atoms with Crippen LogP contribution >= 0.6 is 0 Å². The maximum atomic E-state index is 13.8. The van der Waals surface area contributed by atoms with Crippen LogP contribution in [-0.2, 0) is 14.4 Å². The highest BCUT2D eigenvalue weighted by atomic mass is 16.5. The number of imide groups is 1. The second kappa shape index (κ2) is 10.7. The third-order valence-corrected chi connectivity index (χ3v) is 6.58. The number of methoxy groups -OCH3 is 1. The van der Waals surface area contributed by atoms with Crippen molar-refractivity contribution in [3.8, 4) is 11.5 Å². The molecule has 1 saturated carbocycles. The average molecular weight is 479 g/mol. The molecule has 8 nitrogen and oxygen atoms in total. The summed E-state index contributed by atoms with van der Waals surface area (Å²) in [5.41, 5.74) is 0.811. The summed E-state index contributed by atoms with van der Waals surface area (Å²) >= 11 is 0. The second-order valence-corrected chi connectivity index (χ2v) is 8.96. The van der Waals surface area contributed by atoms with Crippen molar-refractivity contribution in [2.24, 2.45) is 0 Å². The number of carbonyl (C=O) groups is 4. The quantitative estimate of drug-likeness (QED) is 0.268. The maximum absolute atomic E-state index is 13.8. The molecule has 0 aromatic heterocycles. The first-order valence-electron chi connectivity index (χ1n) is 12.0. The van der Waals surface area contributed by atoms with Crippen molar-refractivity contribution in [2.75, 3.05) is 12.0 Å². The highest BCUT2D eigenvalue weighted by molar-refractivity contribution is 6.23. The summed E-state index contributed by atoms with van der Waals surface area (Å²) in [6, 6.07) is 12.1. The van der Waals surface area contributed by atoms with Crippen LogP contribution in [0.3, 0.4) is 0 Å². The zero-order chi connectivity index (χ0) is 24.9. The standard InChI is InChI=1S/C27H30N2O6/c1-18(30)35-22-14-12-21(13-15-22)29-25(31)17-24(27(29)33)28(20-9-5-3-4-6-10-20)26(32)19-8-7-11-23(16-19)34-2/h7-8,11-16,20,24H,3-6,9-10,17H2,1-2H3. The molecule has 2 fully saturated rings. The van der Waals surface area contributed by atoms with Gasteiger partial charge in [0.2, 0.25) is 5.91 Å². The maximum Gasteiger partial charge on any atom is 0.308 e. The van der Waals surface area contributed by atoms with Crippen LogP contribution in [0.1, 0.15) is 62.2 Å². The summed E-state index contributed by atoms with van der Waals surface area (Å²) in [5.74, 6) is -0.631. The minimum Gasteiger partial charge on any atom is -0.497 e. The number of benzene rings is 2. The van der Waals surface area contributed by atoms with E-state index in [-0.39, 0.29) is 24.3 Å². The first-order valence-corrected chi connectivity index (χ1v) is 12.0. The fraction of sp³-hybridized carbons (Fsp3) is 0.407. The number of anilines is 1. The van der Waals surface area contributed by atoms with Crippen molar-refractivity contribution >= 4 is 29.4 Å². The lowest BCUT2D eigenvalue weighted by molar-refractivity contribution is -0.132. The lowest BCUT2D eigenvalue weighted by Gasteiger charge is -2.35. The van der Waals surface area contributed by atoms with Crippen LogP contribution < -0.4 is 14.4 Å². The van der Waals surface area contributed by atoms with Gasteiger partial charge in [-0.2, -0.15) is 0 Å². The summed E-state index contributed by atoms with van der Waals surface area (Å²) in [5, 5.41) is 0. The molecule has 2 aromatic rings. The summed E-state index contributed by atoms with van der Waals surface area (Å²) in [4.78, 5) is 54.4. The normalized spacial score (nSPS) is 18.8. The zero-order valence-corrected chi connectivity index (χ0v) is 20.1. The minimum atomic E-state index is -0.877. The van der Waals surface area contributed by atoms with Gasteiger partial charge in [-0.25, -0.2) is 4.90 Å². The highest BCUT2D eigenvalue weighted by Crippen LogP contribution is 2.33. The van der Waals surface area contributed by atoms with Gasteiger partial charge in [-0.15, -0.1) is 0 Å². The number of nitrogens with zero attached hydrogens (tertiary/aromatic N) is 2. The Balaban J connectivity index is 1.65. The van der Waals surface area contributed by atoms with E-state index in [0.717, 1.165) is 43.4 Å². The van der Waals surface area contributed by atoms with Crippen molar-refractivity contribution in [1.29, 1.82) is 0 Å². The Bertz CT molecular complexity index is 1100. The lowest BCUT2D eigenvalue weighted by atomic mass is 10.0. The van der Waals surface area contributed by atoms with Gasteiger partial charge in [-0.05, 0) is 55.3 Å². The molecule has 184 valence electrons. The molecule has 1 aliphatic heterocycles. The van der Waals surface area contributed by atoms with E-state index in [0.29, 0.717) is 22.7 Å². The predicted molar refractivity (Wildman–Crippen MR) is 129 cm³/mol. The molecule has 4 rings (SSSR count). The summed E-state index contributed by atoms with van der Waals surface area (Å²) < 4.78 is 10.3. The molecule has 35 heavy (non-hydrogen) atoms. The summed E-state index contributed by atoms with van der Waals surface area (Å²) in [6.07, 6.45) is 5.66. The first kappa shape index (κ1) is 24.4. The van der Waals surface area contributed by atoms with Gasteiger partial charge in [0, 0.05) is 18.5 Å². The van der Waals surface area contributed by atoms with Gasteiger partial charge in [0.25, 0.3) is 11.8 Å². The van der Waals surface area contributed by atoms with Gasteiger partial charge in [-0.1, -0.05) is 31.7 Å².